The molecule has 5 nitrogen and oxygen atoms in total. The van der Waals surface area contributed by atoms with Gasteiger partial charge in [0, 0.05) is 35.7 Å². The Kier molecular flexibility index (Phi) is 3.90. The van der Waals surface area contributed by atoms with Crippen molar-refractivity contribution in [2.24, 2.45) is 17.3 Å². The number of pyridine rings is 1. The Morgan fingerprint density at radius 1 is 1.30 bits per heavy atom. The summed E-state index contributed by atoms with van der Waals surface area (Å²) in [7, 11) is 0. The summed E-state index contributed by atoms with van der Waals surface area (Å²) in [5.74, 6) is 0.178. The Morgan fingerprint density at radius 3 is 2.70 bits per heavy atom. The maximum Gasteiger partial charge on any atom is 0.189 e. The van der Waals surface area contributed by atoms with Gasteiger partial charge in [-0.2, -0.15) is 27.5 Å². The molecule has 6 heteroatoms. The predicted octanol–water partition coefficient (Wildman–Crippen LogP) is 2.66. The lowest BCUT2D eigenvalue weighted by atomic mass is 9.55. The van der Waals surface area contributed by atoms with Crippen LogP contribution in [0.4, 0.5) is 0 Å². The molecule has 0 spiro atoms. The van der Waals surface area contributed by atoms with Crippen molar-refractivity contribution < 1.29 is 0 Å². The number of fused-ring (bicyclic) bond motifs is 1. The highest BCUT2D eigenvalue weighted by atomic mass is 32.2. The molecule has 1 aliphatic carbocycles. The van der Waals surface area contributed by atoms with Crippen molar-refractivity contribution in [2.45, 2.75) is 5.92 Å². The molecule has 1 aliphatic heterocycles. The standard InChI is InChI=1S/C17H13N5S/c18-6-13-12-3-5-23-8-14(12)15(11-2-1-4-22-7-11)17(9-19,10-20)16(13)21/h1-4,7,13-15,21H,5,8H2. The number of thioether (sulfide) groups is 1. The third-order valence-electron chi connectivity index (χ3n) is 4.60. The van der Waals surface area contributed by atoms with Gasteiger partial charge in [-0.25, -0.2) is 0 Å². The van der Waals surface area contributed by atoms with Gasteiger partial charge in [0.1, 0.15) is 5.92 Å². The molecule has 1 N–H and O–H groups in total. The third-order valence-corrected chi connectivity index (χ3v) is 5.60. The quantitative estimate of drug-likeness (QED) is 0.800. The van der Waals surface area contributed by atoms with E-state index in [9.17, 15) is 15.8 Å². The van der Waals surface area contributed by atoms with Gasteiger partial charge in [-0.05, 0) is 17.2 Å². The molecular formula is C17H13N5S. The minimum atomic E-state index is -1.62. The minimum Gasteiger partial charge on any atom is -0.305 e. The van der Waals surface area contributed by atoms with E-state index in [1.54, 1.807) is 30.2 Å². The molecule has 1 saturated carbocycles. The maximum absolute atomic E-state index is 9.78. The van der Waals surface area contributed by atoms with Gasteiger partial charge in [0.25, 0.3) is 0 Å². The second-order valence-corrected chi connectivity index (χ2v) is 6.69. The van der Waals surface area contributed by atoms with Crippen molar-refractivity contribution in [3.63, 3.8) is 0 Å². The highest BCUT2D eigenvalue weighted by Gasteiger charge is 2.57. The fourth-order valence-electron chi connectivity index (χ4n) is 3.55. The predicted molar refractivity (Wildman–Crippen MR) is 86.4 cm³/mol. The Labute approximate surface area is 138 Å². The van der Waals surface area contributed by atoms with E-state index in [1.165, 1.54) is 0 Å². The normalized spacial score (nSPS) is 28.5. The Balaban J connectivity index is 2.26. The number of allylic oxidation sites excluding steroid dienone is 1. The molecule has 1 aromatic heterocycles. The number of nitriles is 3. The fourth-order valence-corrected chi connectivity index (χ4v) is 4.63. The molecule has 0 radical (unpaired) electrons. The largest absolute Gasteiger partial charge is 0.305 e. The van der Waals surface area contributed by atoms with Crippen LogP contribution in [0.1, 0.15) is 11.5 Å². The van der Waals surface area contributed by atoms with Crippen molar-refractivity contribution in [1.82, 2.24) is 4.98 Å². The summed E-state index contributed by atoms with van der Waals surface area (Å²) in [5.41, 5.74) is -0.0711. The number of nitrogens with zero attached hydrogens (tertiary/aromatic N) is 4. The highest BCUT2D eigenvalue weighted by molar-refractivity contribution is 7.99. The molecule has 0 saturated heterocycles. The first-order valence-electron chi connectivity index (χ1n) is 7.18. The zero-order chi connectivity index (χ0) is 16.4. The molecule has 3 rings (SSSR count). The van der Waals surface area contributed by atoms with E-state index >= 15 is 0 Å². The van der Waals surface area contributed by atoms with Crippen LogP contribution in [0, 0.1) is 56.7 Å². The molecule has 1 fully saturated rings. The number of aromatic nitrogens is 1. The van der Waals surface area contributed by atoms with Gasteiger partial charge >= 0.3 is 0 Å². The van der Waals surface area contributed by atoms with E-state index in [0.29, 0.717) is 0 Å². The van der Waals surface area contributed by atoms with Crippen LogP contribution >= 0.6 is 11.8 Å². The third kappa shape index (κ3) is 2.13. The van der Waals surface area contributed by atoms with Crippen LogP contribution in [-0.4, -0.2) is 22.2 Å². The van der Waals surface area contributed by atoms with Gasteiger partial charge in [0.05, 0.1) is 23.9 Å². The minimum absolute atomic E-state index is 0.101. The Bertz CT molecular complexity index is 779. The topological polar surface area (TPSA) is 108 Å². The van der Waals surface area contributed by atoms with Crippen LogP contribution in [0.5, 0.6) is 0 Å². The molecule has 3 atom stereocenters. The van der Waals surface area contributed by atoms with E-state index in [-0.39, 0.29) is 11.6 Å². The van der Waals surface area contributed by atoms with Gasteiger partial charge in [-0.15, -0.1) is 0 Å². The van der Waals surface area contributed by atoms with Crippen molar-refractivity contribution in [1.29, 1.82) is 21.2 Å². The van der Waals surface area contributed by atoms with Crippen LogP contribution in [0.3, 0.4) is 0 Å². The number of hydrogen-bond acceptors (Lipinski definition) is 6. The molecule has 0 aromatic carbocycles. The summed E-state index contributed by atoms with van der Waals surface area (Å²) in [4.78, 5) is 4.12. The molecular weight excluding hydrogens is 306 g/mol. The lowest BCUT2D eigenvalue weighted by Crippen LogP contribution is -2.49. The lowest BCUT2D eigenvalue weighted by Gasteiger charge is -2.45. The van der Waals surface area contributed by atoms with Gasteiger partial charge in [0.2, 0.25) is 0 Å². The van der Waals surface area contributed by atoms with E-state index in [0.717, 1.165) is 22.6 Å². The van der Waals surface area contributed by atoms with Crippen molar-refractivity contribution in [3.05, 3.63) is 41.7 Å². The number of hydrogen-bond donors (Lipinski definition) is 1. The second-order valence-electron chi connectivity index (χ2n) is 5.62. The average molecular weight is 319 g/mol. The van der Waals surface area contributed by atoms with E-state index in [2.05, 4.69) is 23.2 Å². The molecule has 3 unspecified atom stereocenters. The van der Waals surface area contributed by atoms with Crippen LogP contribution in [-0.2, 0) is 0 Å². The van der Waals surface area contributed by atoms with Crippen LogP contribution in [0.25, 0.3) is 0 Å². The SMILES string of the molecule is N#CC1C(=N)C(C#N)(C#N)C(c2cccnc2)C2CSCC=C12. The van der Waals surface area contributed by atoms with E-state index in [1.807, 2.05) is 12.1 Å². The van der Waals surface area contributed by atoms with Gasteiger partial charge in [-0.1, -0.05) is 12.1 Å². The van der Waals surface area contributed by atoms with Crippen LogP contribution in [0.15, 0.2) is 36.2 Å². The van der Waals surface area contributed by atoms with Crippen molar-refractivity contribution in [2.75, 3.05) is 11.5 Å². The zero-order valence-electron chi connectivity index (χ0n) is 12.2. The summed E-state index contributed by atoms with van der Waals surface area (Å²) in [6, 6.07) is 9.87. The monoisotopic (exact) mass is 319 g/mol. The summed E-state index contributed by atoms with van der Waals surface area (Å²) >= 11 is 1.72. The van der Waals surface area contributed by atoms with Gasteiger partial charge in [0.15, 0.2) is 5.41 Å². The Morgan fingerprint density at radius 2 is 2.09 bits per heavy atom. The van der Waals surface area contributed by atoms with Crippen molar-refractivity contribution in [3.8, 4) is 18.2 Å². The fraction of sp³-hybridized carbons (Fsp3) is 0.353. The summed E-state index contributed by atoms with van der Waals surface area (Å²) in [6.07, 6.45) is 5.29. The van der Waals surface area contributed by atoms with Crippen LogP contribution < -0.4 is 0 Å². The number of nitrogens with one attached hydrogen (secondary N) is 1. The number of rotatable bonds is 1. The van der Waals surface area contributed by atoms with Crippen LogP contribution in [0.2, 0.25) is 0 Å². The molecule has 0 bridgehead atoms. The van der Waals surface area contributed by atoms with E-state index in [4.69, 9.17) is 5.41 Å². The van der Waals surface area contributed by atoms with E-state index < -0.39 is 17.3 Å². The molecule has 2 aliphatic rings. The van der Waals surface area contributed by atoms with Gasteiger partial charge in [-0.3, -0.25) is 4.98 Å². The molecule has 112 valence electrons. The average Bonchev–Trinajstić information content (AvgIpc) is 2.61. The molecule has 1 aromatic rings. The smallest absolute Gasteiger partial charge is 0.189 e. The summed E-state index contributed by atoms with van der Waals surface area (Å²) in [5, 5.41) is 37.5. The Hall–Kier alpha value is -2.62. The zero-order valence-corrected chi connectivity index (χ0v) is 13.0. The lowest BCUT2D eigenvalue weighted by molar-refractivity contribution is 0.378. The first-order chi connectivity index (χ1) is 11.2. The van der Waals surface area contributed by atoms with Crippen molar-refractivity contribution >= 4 is 17.5 Å². The molecule has 2 heterocycles. The van der Waals surface area contributed by atoms with Gasteiger partial charge < -0.3 is 5.41 Å². The summed E-state index contributed by atoms with van der Waals surface area (Å²) in [6.45, 7) is 0. The summed E-state index contributed by atoms with van der Waals surface area (Å²) < 4.78 is 0. The first kappa shape index (κ1) is 15.3. The molecule has 23 heavy (non-hydrogen) atoms. The second kappa shape index (κ2) is 5.88. The first-order valence-corrected chi connectivity index (χ1v) is 8.33. The molecule has 0 amide bonds. The highest BCUT2D eigenvalue weighted by Crippen LogP contribution is 2.54. The maximum atomic E-state index is 9.78.